The number of aromatic nitrogens is 3. The minimum atomic E-state index is 0.136. The molecule has 2 aromatic rings. The number of nitrogens with zero attached hydrogens (tertiary/aromatic N) is 5. The third-order valence-electron chi connectivity index (χ3n) is 5.30. The number of hydrogen-bond donors (Lipinski definition) is 0. The van der Waals surface area contributed by atoms with E-state index in [1.165, 1.54) is 19.3 Å². The topological polar surface area (TPSA) is 54.3 Å². The Balaban J connectivity index is 1.35. The molecule has 4 rings (SSSR count). The average molecular weight is 465 g/mol. The number of halogens is 1. The van der Waals surface area contributed by atoms with E-state index in [1.807, 2.05) is 29.2 Å². The number of benzene rings is 1. The lowest BCUT2D eigenvalue weighted by molar-refractivity contribution is 0.0624. The van der Waals surface area contributed by atoms with Crippen molar-refractivity contribution in [3.8, 4) is 0 Å². The number of fused-ring (bicyclic) bond motifs is 1. The largest absolute Gasteiger partial charge is 0.336 e. The lowest BCUT2D eigenvalue weighted by Crippen LogP contribution is -2.48. The van der Waals surface area contributed by atoms with Gasteiger partial charge in [0.1, 0.15) is 11.6 Å². The molecule has 0 N–H and O–H groups in total. The van der Waals surface area contributed by atoms with Crippen molar-refractivity contribution in [3.05, 3.63) is 45.0 Å². The summed E-state index contributed by atoms with van der Waals surface area (Å²) in [5, 5.41) is 8.83. The molecule has 1 amide bonds. The average Bonchev–Trinajstić information content (AvgIpc) is 2.89. The van der Waals surface area contributed by atoms with Crippen LogP contribution in [0.5, 0.6) is 0 Å². The third kappa shape index (κ3) is 3.93. The van der Waals surface area contributed by atoms with Gasteiger partial charge in [-0.15, -0.1) is 10.2 Å². The van der Waals surface area contributed by atoms with Crippen molar-refractivity contribution in [1.82, 2.24) is 24.6 Å². The summed E-state index contributed by atoms with van der Waals surface area (Å²) in [4.78, 5) is 17.0. The van der Waals surface area contributed by atoms with Crippen LogP contribution in [-0.2, 0) is 19.5 Å². The molecule has 0 bridgehead atoms. The minimum absolute atomic E-state index is 0.136. The summed E-state index contributed by atoms with van der Waals surface area (Å²) in [5.41, 5.74) is 0.779. The SMILES string of the molecule is O=C(c1ccc(I)cc1)N1CCN(Cc2nnc3n2CCCCC3)CC1. The highest BCUT2D eigenvalue weighted by Crippen LogP contribution is 2.17. The first kappa shape index (κ1) is 17.9. The van der Waals surface area contributed by atoms with Gasteiger partial charge < -0.3 is 9.47 Å². The predicted octanol–water partition coefficient (Wildman–Crippen LogP) is 2.57. The van der Waals surface area contributed by atoms with Crippen LogP contribution in [0.4, 0.5) is 0 Å². The summed E-state index contributed by atoms with van der Waals surface area (Å²) in [6.45, 7) is 5.19. The first-order valence-corrected chi connectivity index (χ1v) is 10.5. The molecule has 2 aliphatic heterocycles. The molecule has 3 heterocycles. The Bertz CT molecular complexity index is 765. The summed E-state index contributed by atoms with van der Waals surface area (Å²) in [7, 11) is 0. The highest BCUT2D eigenvalue weighted by atomic mass is 127. The third-order valence-corrected chi connectivity index (χ3v) is 6.02. The van der Waals surface area contributed by atoms with E-state index < -0.39 is 0 Å². The molecule has 1 fully saturated rings. The molecule has 1 saturated heterocycles. The zero-order chi connectivity index (χ0) is 17.9. The zero-order valence-corrected chi connectivity index (χ0v) is 17.1. The van der Waals surface area contributed by atoms with E-state index in [0.717, 1.165) is 66.5 Å². The molecular formula is C19H24IN5O. The highest BCUT2D eigenvalue weighted by molar-refractivity contribution is 14.1. The second-order valence-corrected chi connectivity index (χ2v) is 8.32. The Morgan fingerprint density at radius 1 is 0.962 bits per heavy atom. The molecule has 0 radical (unpaired) electrons. The van der Waals surface area contributed by atoms with E-state index in [1.54, 1.807) is 0 Å². The Morgan fingerprint density at radius 2 is 1.73 bits per heavy atom. The first-order valence-electron chi connectivity index (χ1n) is 9.39. The fourth-order valence-electron chi connectivity index (χ4n) is 3.75. The van der Waals surface area contributed by atoms with Gasteiger partial charge >= 0.3 is 0 Å². The number of rotatable bonds is 3. The van der Waals surface area contributed by atoms with Crippen molar-refractivity contribution < 1.29 is 4.79 Å². The molecule has 0 atom stereocenters. The fourth-order valence-corrected chi connectivity index (χ4v) is 4.11. The maximum absolute atomic E-state index is 12.6. The van der Waals surface area contributed by atoms with Crippen LogP contribution >= 0.6 is 22.6 Å². The van der Waals surface area contributed by atoms with Gasteiger partial charge in [-0.3, -0.25) is 9.69 Å². The summed E-state index contributed by atoms with van der Waals surface area (Å²) in [5.74, 6) is 2.36. The van der Waals surface area contributed by atoms with Gasteiger partial charge in [-0.1, -0.05) is 6.42 Å². The van der Waals surface area contributed by atoms with E-state index in [4.69, 9.17) is 0 Å². The van der Waals surface area contributed by atoms with Gasteiger partial charge in [-0.05, 0) is 59.7 Å². The molecule has 138 valence electrons. The number of hydrogen-bond acceptors (Lipinski definition) is 4. The van der Waals surface area contributed by atoms with Crippen molar-refractivity contribution in [3.63, 3.8) is 0 Å². The zero-order valence-electron chi connectivity index (χ0n) is 14.9. The van der Waals surface area contributed by atoms with Gasteiger partial charge in [-0.25, -0.2) is 0 Å². The monoisotopic (exact) mass is 465 g/mol. The summed E-state index contributed by atoms with van der Waals surface area (Å²) in [6, 6.07) is 7.81. The van der Waals surface area contributed by atoms with Gasteiger partial charge in [0.2, 0.25) is 0 Å². The number of aryl methyl sites for hydroxylation is 1. The van der Waals surface area contributed by atoms with Gasteiger partial charge in [0.05, 0.1) is 6.54 Å². The van der Waals surface area contributed by atoms with E-state index in [0.29, 0.717) is 0 Å². The van der Waals surface area contributed by atoms with Gasteiger partial charge in [-0.2, -0.15) is 0 Å². The number of piperazine rings is 1. The van der Waals surface area contributed by atoms with Crippen molar-refractivity contribution in [2.45, 2.75) is 38.8 Å². The van der Waals surface area contributed by atoms with E-state index in [-0.39, 0.29) is 5.91 Å². The number of amides is 1. The number of carbonyl (C=O) groups excluding carboxylic acids is 1. The van der Waals surface area contributed by atoms with Crippen LogP contribution < -0.4 is 0 Å². The Hall–Kier alpha value is -1.48. The van der Waals surface area contributed by atoms with E-state index in [9.17, 15) is 4.79 Å². The van der Waals surface area contributed by atoms with Gasteiger partial charge in [0, 0.05) is 48.3 Å². The smallest absolute Gasteiger partial charge is 0.253 e. The fraction of sp³-hybridized carbons (Fsp3) is 0.526. The maximum atomic E-state index is 12.6. The second kappa shape index (κ2) is 8.04. The van der Waals surface area contributed by atoms with Crippen LogP contribution in [-0.4, -0.2) is 56.7 Å². The molecular weight excluding hydrogens is 441 g/mol. The Morgan fingerprint density at radius 3 is 2.50 bits per heavy atom. The van der Waals surface area contributed by atoms with E-state index in [2.05, 4.69) is 42.3 Å². The molecule has 2 aliphatic rings. The quantitative estimate of drug-likeness (QED) is 0.655. The van der Waals surface area contributed by atoms with Crippen molar-refractivity contribution in [2.75, 3.05) is 26.2 Å². The predicted molar refractivity (Wildman–Crippen MR) is 108 cm³/mol. The summed E-state index contributed by atoms with van der Waals surface area (Å²) >= 11 is 2.26. The van der Waals surface area contributed by atoms with Crippen LogP contribution in [0.3, 0.4) is 0 Å². The molecule has 7 heteroatoms. The van der Waals surface area contributed by atoms with Crippen LogP contribution in [0.25, 0.3) is 0 Å². The molecule has 0 unspecified atom stereocenters. The van der Waals surface area contributed by atoms with Crippen molar-refractivity contribution >= 4 is 28.5 Å². The molecule has 1 aromatic carbocycles. The van der Waals surface area contributed by atoms with Crippen LogP contribution in [0.1, 0.15) is 41.3 Å². The second-order valence-electron chi connectivity index (χ2n) is 7.07. The first-order chi connectivity index (χ1) is 12.7. The van der Waals surface area contributed by atoms with Gasteiger partial charge in [0.25, 0.3) is 5.91 Å². The van der Waals surface area contributed by atoms with Crippen LogP contribution in [0, 0.1) is 3.57 Å². The van der Waals surface area contributed by atoms with Gasteiger partial charge in [0.15, 0.2) is 0 Å². The molecule has 0 aliphatic carbocycles. The van der Waals surface area contributed by atoms with Crippen LogP contribution in [0.2, 0.25) is 0 Å². The van der Waals surface area contributed by atoms with E-state index >= 15 is 0 Å². The summed E-state index contributed by atoms with van der Waals surface area (Å²) < 4.78 is 3.47. The molecule has 0 spiro atoms. The standard InChI is InChI=1S/C19H24IN5O/c20-16-7-5-15(6-8-16)19(26)24-12-10-23(11-13-24)14-18-22-21-17-4-2-1-3-9-25(17)18/h5-8H,1-4,9-14H2. The summed E-state index contributed by atoms with van der Waals surface area (Å²) in [6.07, 6.45) is 4.77. The molecule has 26 heavy (non-hydrogen) atoms. The highest BCUT2D eigenvalue weighted by Gasteiger charge is 2.24. The normalized spacial score (nSPS) is 18.4. The lowest BCUT2D eigenvalue weighted by Gasteiger charge is -2.34. The van der Waals surface area contributed by atoms with Crippen molar-refractivity contribution in [2.24, 2.45) is 0 Å². The molecule has 1 aromatic heterocycles. The lowest BCUT2D eigenvalue weighted by atomic mass is 10.2. The maximum Gasteiger partial charge on any atom is 0.253 e. The Labute approximate surface area is 167 Å². The molecule has 6 nitrogen and oxygen atoms in total. The molecule has 0 saturated carbocycles. The van der Waals surface area contributed by atoms with Crippen LogP contribution in [0.15, 0.2) is 24.3 Å². The number of carbonyl (C=O) groups is 1. The minimum Gasteiger partial charge on any atom is -0.336 e. The Kier molecular flexibility index (Phi) is 5.54. The van der Waals surface area contributed by atoms with Crippen molar-refractivity contribution in [1.29, 1.82) is 0 Å².